The van der Waals surface area contributed by atoms with E-state index in [9.17, 15) is 13.2 Å². The van der Waals surface area contributed by atoms with Crippen LogP contribution in [0, 0.1) is 0 Å². The first-order chi connectivity index (χ1) is 14.8. The van der Waals surface area contributed by atoms with Crippen LogP contribution in [0.25, 0.3) is 0 Å². The molecule has 170 valence electrons. The highest BCUT2D eigenvalue weighted by molar-refractivity contribution is 7.89. The van der Waals surface area contributed by atoms with Gasteiger partial charge < -0.3 is 5.32 Å². The van der Waals surface area contributed by atoms with Crippen molar-refractivity contribution < 1.29 is 13.2 Å². The van der Waals surface area contributed by atoms with Crippen LogP contribution in [0.2, 0.25) is 5.02 Å². The van der Waals surface area contributed by atoms with Crippen LogP contribution in [0.15, 0.2) is 40.6 Å². The zero-order chi connectivity index (χ0) is 22.6. The predicted molar refractivity (Wildman–Crippen MR) is 126 cm³/mol. The predicted octanol–water partition coefficient (Wildman–Crippen LogP) is 4.39. The van der Waals surface area contributed by atoms with Crippen LogP contribution >= 0.6 is 22.9 Å². The van der Waals surface area contributed by atoms with Crippen LogP contribution in [0.5, 0.6) is 0 Å². The highest BCUT2D eigenvalue weighted by Crippen LogP contribution is 2.31. The highest BCUT2D eigenvalue weighted by atomic mass is 35.5. The molecule has 1 amide bonds. The van der Waals surface area contributed by atoms with E-state index in [4.69, 9.17) is 11.6 Å². The largest absolute Gasteiger partial charge is 0.348 e. The van der Waals surface area contributed by atoms with E-state index in [0.29, 0.717) is 13.1 Å². The van der Waals surface area contributed by atoms with Gasteiger partial charge in [0.05, 0.1) is 21.5 Å². The third-order valence-electron chi connectivity index (χ3n) is 5.73. The number of rotatable bonds is 9. The van der Waals surface area contributed by atoms with E-state index in [2.05, 4.69) is 16.3 Å². The van der Waals surface area contributed by atoms with E-state index in [1.54, 1.807) is 25.2 Å². The SMILES string of the molecule is CCN(CC)S(=O)(=O)c1ccc(Cl)c(C(=O)N[C@@H](C)[C@@H](c2cccs2)N2CCCC2)c1. The minimum Gasteiger partial charge on any atom is -0.348 e. The molecule has 2 atom stereocenters. The molecule has 0 spiro atoms. The van der Waals surface area contributed by atoms with Crippen LogP contribution in [0.3, 0.4) is 0 Å². The summed E-state index contributed by atoms with van der Waals surface area (Å²) in [6.45, 7) is 8.29. The van der Waals surface area contributed by atoms with Crippen molar-refractivity contribution in [2.45, 2.75) is 50.6 Å². The summed E-state index contributed by atoms with van der Waals surface area (Å²) in [5.74, 6) is -0.366. The van der Waals surface area contributed by atoms with Gasteiger partial charge in [0.2, 0.25) is 10.0 Å². The number of nitrogens with one attached hydrogen (secondary N) is 1. The molecule has 0 saturated carbocycles. The smallest absolute Gasteiger partial charge is 0.253 e. The van der Waals surface area contributed by atoms with Crippen molar-refractivity contribution in [1.82, 2.24) is 14.5 Å². The molecule has 1 fully saturated rings. The second-order valence-electron chi connectivity index (χ2n) is 7.70. The molecule has 6 nitrogen and oxygen atoms in total. The Labute approximate surface area is 194 Å². The molecule has 31 heavy (non-hydrogen) atoms. The van der Waals surface area contributed by atoms with Crippen molar-refractivity contribution in [3.8, 4) is 0 Å². The molecule has 0 unspecified atom stereocenters. The topological polar surface area (TPSA) is 69.7 Å². The summed E-state index contributed by atoms with van der Waals surface area (Å²) in [6, 6.07) is 8.35. The quantitative estimate of drug-likeness (QED) is 0.574. The lowest BCUT2D eigenvalue weighted by atomic mass is 10.1. The standard InChI is InChI=1S/C22H30ClN3O3S2/c1-4-26(5-2)31(28,29)17-10-11-19(23)18(15-17)22(27)24-16(3)21(20-9-8-14-30-20)25-12-6-7-13-25/h8-11,14-16,21H,4-7,12-13H2,1-3H3,(H,24,27)/t16-,21-/m0/s1. The fraction of sp³-hybridized carbons (Fsp3) is 0.500. The van der Waals surface area contributed by atoms with Crippen molar-refractivity contribution in [3.05, 3.63) is 51.2 Å². The van der Waals surface area contributed by atoms with Crippen LogP contribution in [-0.4, -0.2) is 55.8 Å². The Bertz CT molecular complexity index is 985. The lowest BCUT2D eigenvalue weighted by Gasteiger charge is -2.32. The van der Waals surface area contributed by atoms with Crippen molar-refractivity contribution in [1.29, 1.82) is 0 Å². The van der Waals surface area contributed by atoms with Gasteiger partial charge in [-0.3, -0.25) is 9.69 Å². The fourth-order valence-corrected chi connectivity index (χ4v) is 6.79. The molecule has 1 aliphatic heterocycles. The average molecular weight is 484 g/mol. The maximum atomic E-state index is 13.1. The number of hydrogen-bond donors (Lipinski definition) is 1. The second kappa shape index (κ2) is 10.4. The molecule has 9 heteroatoms. The van der Waals surface area contributed by atoms with Crippen molar-refractivity contribution in [2.24, 2.45) is 0 Å². The first kappa shape index (κ1) is 24.2. The van der Waals surface area contributed by atoms with Gasteiger partial charge in [0.25, 0.3) is 5.91 Å². The van der Waals surface area contributed by atoms with Crippen molar-refractivity contribution in [3.63, 3.8) is 0 Å². The van der Waals surface area contributed by atoms with Crippen LogP contribution < -0.4 is 5.32 Å². The average Bonchev–Trinajstić information content (AvgIpc) is 3.44. The normalized spacial score (nSPS) is 17.1. The molecule has 0 radical (unpaired) electrons. The monoisotopic (exact) mass is 483 g/mol. The van der Waals surface area contributed by atoms with Gasteiger partial charge in [-0.1, -0.05) is 31.5 Å². The van der Waals surface area contributed by atoms with E-state index >= 15 is 0 Å². The molecule has 3 rings (SSSR count). The van der Waals surface area contributed by atoms with Crippen molar-refractivity contribution in [2.75, 3.05) is 26.2 Å². The number of halogens is 1. The number of amides is 1. The van der Waals surface area contributed by atoms with Crippen LogP contribution in [0.1, 0.15) is 54.9 Å². The Morgan fingerprint density at radius 1 is 1.23 bits per heavy atom. The summed E-state index contributed by atoms with van der Waals surface area (Å²) in [7, 11) is -3.68. The van der Waals surface area contributed by atoms with Gasteiger partial charge in [-0.15, -0.1) is 11.3 Å². The van der Waals surface area contributed by atoms with Gasteiger partial charge in [0.15, 0.2) is 0 Å². The number of carbonyl (C=O) groups excluding carboxylic acids is 1. The first-order valence-corrected chi connectivity index (χ1v) is 13.4. The third kappa shape index (κ3) is 5.31. The Balaban J connectivity index is 1.85. The molecular weight excluding hydrogens is 454 g/mol. The molecule has 1 aromatic carbocycles. The Hall–Kier alpha value is -1.45. The second-order valence-corrected chi connectivity index (χ2v) is 11.0. The summed E-state index contributed by atoms with van der Waals surface area (Å²) in [4.78, 5) is 16.8. The Morgan fingerprint density at radius 2 is 1.90 bits per heavy atom. The van der Waals surface area contributed by atoms with Gasteiger partial charge in [-0.2, -0.15) is 4.31 Å². The number of carbonyl (C=O) groups is 1. The molecule has 1 N–H and O–H groups in total. The molecule has 1 aromatic heterocycles. The number of likely N-dealkylation sites (tertiary alicyclic amines) is 1. The Morgan fingerprint density at radius 3 is 2.48 bits per heavy atom. The van der Waals surface area contributed by atoms with Crippen LogP contribution in [0.4, 0.5) is 0 Å². The van der Waals surface area contributed by atoms with E-state index < -0.39 is 10.0 Å². The summed E-state index contributed by atoms with van der Waals surface area (Å²) < 4.78 is 27.1. The van der Waals surface area contributed by atoms with Gasteiger partial charge in [-0.05, 0) is 62.5 Å². The molecule has 1 saturated heterocycles. The molecule has 2 aromatic rings. The Kier molecular flexibility index (Phi) is 8.15. The molecule has 2 heterocycles. The van der Waals surface area contributed by atoms with E-state index in [0.717, 1.165) is 25.9 Å². The van der Waals surface area contributed by atoms with Gasteiger partial charge in [-0.25, -0.2) is 8.42 Å². The minimum atomic E-state index is -3.68. The summed E-state index contributed by atoms with van der Waals surface area (Å²) in [6.07, 6.45) is 2.30. The van der Waals surface area contributed by atoms with E-state index in [1.807, 2.05) is 18.4 Å². The number of nitrogens with zero attached hydrogens (tertiary/aromatic N) is 2. The maximum absolute atomic E-state index is 13.1. The highest BCUT2D eigenvalue weighted by Gasteiger charge is 2.31. The molecule has 1 aliphatic rings. The fourth-order valence-electron chi connectivity index (χ4n) is 4.14. The van der Waals surface area contributed by atoms with E-state index in [-0.39, 0.29) is 33.5 Å². The number of benzene rings is 1. The summed E-state index contributed by atoms with van der Waals surface area (Å²) in [5, 5.41) is 5.35. The number of thiophene rings is 1. The van der Waals surface area contributed by atoms with Gasteiger partial charge in [0.1, 0.15) is 0 Å². The summed E-state index contributed by atoms with van der Waals surface area (Å²) in [5.41, 5.74) is 0.174. The first-order valence-electron chi connectivity index (χ1n) is 10.7. The number of sulfonamides is 1. The lowest BCUT2D eigenvalue weighted by molar-refractivity contribution is 0.0908. The van der Waals surface area contributed by atoms with E-state index in [1.165, 1.54) is 27.4 Å². The number of hydrogen-bond acceptors (Lipinski definition) is 5. The summed E-state index contributed by atoms with van der Waals surface area (Å²) >= 11 is 7.98. The third-order valence-corrected chi connectivity index (χ3v) is 9.05. The molecule has 0 aliphatic carbocycles. The van der Waals surface area contributed by atoms with Crippen molar-refractivity contribution >= 4 is 38.9 Å². The van der Waals surface area contributed by atoms with Crippen LogP contribution in [-0.2, 0) is 10.0 Å². The maximum Gasteiger partial charge on any atom is 0.253 e. The zero-order valence-corrected chi connectivity index (χ0v) is 20.6. The zero-order valence-electron chi connectivity index (χ0n) is 18.2. The van der Waals surface area contributed by atoms with Gasteiger partial charge >= 0.3 is 0 Å². The van der Waals surface area contributed by atoms with Gasteiger partial charge in [0, 0.05) is 24.0 Å². The minimum absolute atomic E-state index is 0.0766. The molecule has 0 bridgehead atoms. The lowest BCUT2D eigenvalue weighted by Crippen LogP contribution is -2.43. The molecular formula is C22H30ClN3O3S2.